The number of hydrogen-bond donors (Lipinski definition) is 0. The van der Waals surface area contributed by atoms with Crippen LogP contribution in [0.5, 0.6) is 0 Å². The summed E-state index contributed by atoms with van der Waals surface area (Å²) in [6, 6.07) is 2.76. The molecule has 0 saturated carbocycles. The molecule has 2 rings (SSSR count). The van der Waals surface area contributed by atoms with Crippen LogP contribution in [0.1, 0.15) is 27.4 Å². The number of rotatable bonds is 2. The summed E-state index contributed by atoms with van der Waals surface area (Å²) >= 11 is 0. The standard InChI is InChI=1S/C13H9F3O2/c1-6-3-11(18-7(6)2)13(17)8-4-9(14)12(16)10(15)5-8/h3-5H,1-2H3. The SMILES string of the molecule is Cc1cc(C(=O)c2cc(F)c(F)c(F)c2)oc1C. The van der Waals surface area contributed by atoms with Crippen LogP contribution < -0.4 is 0 Å². The van der Waals surface area contributed by atoms with Crippen LogP contribution in [0.25, 0.3) is 0 Å². The molecule has 2 aromatic rings. The Balaban J connectivity index is 2.46. The second-order valence-corrected chi connectivity index (χ2v) is 3.93. The van der Waals surface area contributed by atoms with Gasteiger partial charge in [0.2, 0.25) is 5.78 Å². The van der Waals surface area contributed by atoms with Crippen molar-refractivity contribution in [2.75, 3.05) is 0 Å². The van der Waals surface area contributed by atoms with Crippen LogP contribution in [0.3, 0.4) is 0 Å². The molecule has 0 aliphatic rings. The average Bonchev–Trinajstić information content (AvgIpc) is 2.65. The zero-order valence-corrected chi connectivity index (χ0v) is 9.68. The van der Waals surface area contributed by atoms with Crippen molar-refractivity contribution in [1.29, 1.82) is 0 Å². The number of hydrogen-bond acceptors (Lipinski definition) is 2. The molecule has 0 N–H and O–H groups in total. The fourth-order valence-corrected chi connectivity index (χ4v) is 1.51. The second kappa shape index (κ2) is 4.33. The highest BCUT2D eigenvalue weighted by atomic mass is 19.2. The highest BCUT2D eigenvalue weighted by molar-refractivity contribution is 6.07. The summed E-state index contributed by atoms with van der Waals surface area (Å²) in [4.78, 5) is 11.9. The first-order chi connectivity index (χ1) is 8.40. The van der Waals surface area contributed by atoms with Crippen LogP contribution in [0, 0.1) is 31.3 Å². The molecule has 0 fully saturated rings. The Kier molecular flexibility index (Phi) is 2.98. The molecule has 0 saturated heterocycles. The lowest BCUT2D eigenvalue weighted by Gasteiger charge is -2.00. The van der Waals surface area contributed by atoms with Crippen molar-refractivity contribution in [2.45, 2.75) is 13.8 Å². The lowest BCUT2D eigenvalue weighted by Crippen LogP contribution is -2.03. The minimum absolute atomic E-state index is 0.0320. The Hall–Kier alpha value is -2.04. The molecule has 0 bridgehead atoms. The number of benzene rings is 1. The van der Waals surface area contributed by atoms with Gasteiger partial charge in [-0.15, -0.1) is 0 Å². The molecular formula is C13H9F3O2. The molecule has 2 nitrogen and oxygen atoms in total. The Bertz CT molecular complexity index is 587. The topological polar surface area (TPSA) is 30.2 Å². The van der Waals surface area contributed by atoms with Crippen molar-refractivity contribution in [3.8, 4) is 0 Å². The van der Waals surface area contributed by atoms with Crippen molar-refractivity contribution in [3.05, 3.63) is 58.3 Å². The van der Waals surface area contributed by atoms with E-state index in [-0.39, 0.29) is 11.3 Å². The third kappa shape index (κ3) is 2.03. The summed E-state index contributed by atoms with van der Waals surface area (Å²) in [5.74, 6) is -4.59. The minimum atomic E-state index is -1.60. The van der Waals surface area contributed by atoms with Gasteiger partial charge in [-0.05, 0) is 37.6 Å². The van der Waals surface area contributed by atoms with E-state index in [0.29, 0.717) is 17.9 Å². The van der Waals surface area contributed by atoms with Gasteiger partial charge in [0, 0.05) is 5.56 Å². The van der Waals surface area contributed by atoms with Gasteiger partial charge in [0.1, 0.15) is 5.76 Å². The summed E-state index contributed by atoms with van der Waals surface area (Å²) in [5.41, 5.74) is 0.460. The maximum Gasteiger partial charge on any atom is 0.228 e. The third-order valence-electron chi connectivity index (χ3n) is 2.64. The molecule has 1 heterocycles. The highest BCUT2D eigenvalue weighted by Gasteiger charge is 2.19. The van der Waals surface area contributed by atoms with Crippen LogP contribution >= 0.6 is 0 Å². The summed E-state index contributed by atoms with van der Waals surface area (Å²) in [6.45, 7) is 3.40. The number of ketones is 1. The molecule has 94 valence electrons. The zero-order valence-electron chi connectivity index (χ0n) is 9.68. The number of aryl methyl sites for hydroxylation is 2. The van der Waals surface area contributed by atoms with E-state index in [4.69, 9.17) is 4.42 Å². The van der Waals surface area contributed by atoms with Gasteiger partial charge in [-0.3, -0.25) is 4.79 Å². The molecule has 0 unspecified atom stereocenters. The van der Waals surface area contributed by atoms with Gasteiger partial charge in [0.15, 0.2) is 23.2 Å². The van der Waals surface area contributed by atoms with Crippen LogP contribution in [-0.4, -0.2) is 5.78 Å². The second-order valence-electron chi connectivity index (χ2n) is 3.93. The van der Waals surface area contributed by atoms with Gasteiger partial charge < -0.3 is 4.42 Å². The number of carbonyl (C=O) groups is 1. The van der Waals surface area contributed by atoms with Crippen LogP contribution in [0.4, 0.5) is 13.2 Å². The van der Waals surface area contributed by atoms with E-state index in [9.17, 15) is 18.0 Å². The van der Waals surface area contributed by atoms with Crippen molar-refractivity contribution >= 4 is 5.78 Å². The fraction of sp³-hybridized carbons (Fsp3) is 0.154. The zero-order chi connectivity index (χ0) is 13.4. The van der Waals surface area contributed by atoms with Crippen LogP contribution in [0.2, 0.25) is 0 Å². The number of halogens is 3. The molecule has 0 aliphatic heterocycles. The lowest BCUT2D eigenvalue weighted by atomic mass is 10.1. The van der Waals surface area contributed by atoms with E-state index < -0.39 is 23.2 Å². The van der Waals surface area contributed by atoms with Crippen molar-refractivity contribution in [1.82, 2.24) is 0 Å². The predicted octanol–water partition coefficient (Wildman–Crippen LogP) is 3.54. The van der Waals surface area contributed by atoms with E-state index in [1.165, 1.54) is 6.07 Å². The largest absolute Gasteiger partial charge is 0.458 e. The third-order valence-corrected chi connectivity index (χ3v) is 2.64. The molecule has 0 aliphatic carbocycles. The molecule has 0 atom stereocenters. The fourth-order valence-electron chi connectivity index (χ4n) is 1.51. The lowest BCUT2D eigenvalue weighted by molar-refractivity contribution is 0.101. The summed E-state index contributed by atoms with van der Waals surface area (Å²) < 4.78 is 43.9. The molecule has 0 radical (unpaired) electrons. The Morgan fingerprint density at radius 3 is 2.06 bits per heavy atom. The maximum absolute atomic E-state index is 13.0. The smallest absolute Gasteiger partial charge is 0.228 e. The van der Waals surface area contributed by atoms with Crippen LogP contribution in [0.15, 0.2) is 22.6 Å². The first-order valence-corrected chi connectivity index (χ1v) is 5.16. The molecule has 1 aromatic carbocycles. The van der Waals surface area contributed by atoms with Gasteiger partial charge in [0.05, 0.1) is 0 Å². The van der Waals surface area contributed by atoms with Gasteiger partial charge in [-0.2, -0.15) is 0 Å². The molecular weight excluding hydrogens is 245 g/mol. The van der Waals surface area contributed by atoms with E-state index in [2.05, 4.69) is 0 Å². The summed E-state index contributed by atoms with van der Waals surface area (Å²) in [7, 11) is 0. The van der Waals surface area contributed by atoms with Crippen molar-refractivity contribution in [2.24, 2.45) is 0 Å². The quantitative estimate of drug-likeness (QED) is 0.606. The summed E-state index contributed by atoms with van der Waals surface area (Å²) in [6.07, 6.45) is 0. The number of carbonyl (C=O) groups excluding carboxylic acids is 1. The van der Waals surface area contributed by atoms with Gasteiger partial charge in [-0.1, -0.05) is 0 Å². The van der Waals surface area contributed by atoms with E-state index in [0.717, 1.165) is 5.56 Å². The Morgan fingerprint density at radius 1 is 1.06 bits per heavy atom. The van der Waals surface area contributed by atoms with E-state index in [1.807, 2.05) is 0 Å². The summed E-state index contributed by atoms with van der Waals surface area (Å²) in [5, 5.41) is 0. The van der Waals surface area contributed by atoms with Crippen LogP contribution in [-0.2, 0) is 0 Å². The Morgan fingerprint density at radius 2 is 1.61 bits per heavy atom. The highest BCUT2D eigenvalue weighted by Crippen LogP contribution is 2.20. The van der Waals surface area contributed by atoms with Gasteiger partial charge in [-0.25, -0.2) is 13.2 Å². The normalized spacial score (nSPS) is 10.7. The minimum Gasteiger partial charge on any atom is -0.458 e. The molecule has 18 heavy (non-hydrogen) atoms. The molecule has 0 amide bonds. The van der Waals surface area contributed by atoms with E-state index >= 15 is 0 Å². The Labute approximate surface area is 101 Å². The first kappa shape index (κ1) is 12.4. The molecule has 0 spiro atoms. The van der Waals surface area contributed by atoms with Gasteiger partial charge in [0.25, 0.3) is 0 Å². The predicted molar refractivity (Wildman–Crippen MR) is 57.9 cm³/mol. The monoisotopic (exact) mass is 254 g/mol. The average molecular weight is 254 g/mol. The van der Waals surface area contributed by atoms with E-state index in [1.54, 1.807) is 13.8 Å². The maximum atomic E-state index is 13.0. The molecule has 1 aromatic heterocycles. The molecule has 5 heteroatoms. The van der Waals surface area contributed by atoms with Crippen molar-refractivity contribution in [3.63, 3.8) is 0 Å². The number of furan rings is 1. The first-order valence-electron chi connectivity index (χ1n) is 5.16. The van der Waals surface area contributed by atoms with Gasteiger partial charge >= 0.3 is 0 Å². The van der Waals surface area contributed by atoms with Crippen molar-refractivity contribution < 1.29 is 22.4 Å².